The number of anilines is 1. The van der Waals surface area contributed by atoms with Crippen molar-refractivity contribution in [3.05, 3.63) is 93.7 Å². The number of hydrogen-bond donors (Lipinski definition) is 2. The van der Waals surface area contributed by atoms with Crippen molar-refractivity contribution in [2.45, 2.75) is 20.8 Å². The van der Waals surface area contributed by atoms with Gasteiger partial charge < -0.3 is 15.2 Å². The first-order valence-corrected chi connectivity index (χ1v) is 10.1. The summed E-state index contributed by atoms with van der Waals surface area (Å²) in [7, 11) is 0. The normalized spacial score (nSPS) is 10.6. The van der Waals surface area contributed by atoms with Crippen LogP contribution >= 0.6 is 0 Å². The zero-order valence-corrected chi connectivity index (χ0v) is 18.2. The Morgan fingerprint density at radius 1 is 0.970 bits per heavy atom. The van der Waals surface area contributed by atoms with E-state index in [-0.39, 0.29) is 11.7 Å². The van der Waals surface area contributed by atoms with Crippen molar-refractivity contribution in [2.24, 2.45) is 0 Å². The monoisotopic (exact) mass is 443 g/mol. The molecule has 0 spiro atoms. The fourth-order valence-corrected chi connectivity index (χ4v) is 3.19. The quantitative estimate of drug-likeness (QED) is 0.483. The topological polar surface area (TPSA) is 119 Å². The van der Waals surface area contributed by atoms with Gasteiger partial charge in [-0.2, -0.15) is 9.78 Å². The van der Waals surface area contributed by atoms with Crippen LogP contribution in [0.5, 0.6) is 17.5 Å². The Hall–Kier alpha value is -4.53. The largest absolute Gasteiger partial charge is 0.505 e. The summed E-state index contributed by atoms with van der Waals surface area (Å²) in [4.78, 5) is 33.5. The first kappa shape index (κ1) is 21.7. The first-order valence-electron chi connectivity index (χ1n) is 10.1. The van der Waals surface area contributed by atoms with Gasteiger partial charge in [0.15, 0.2) is 11.4 Å². The Labute approximate surface area is 189 Å². The van der Waals surface area contributed by atoms with Gasteiger partial charge in [0.2, 0.25) is 0 Å². The maximum atomic E-state index is 12.7. The van der Waals surface area contributed by atoms with Crippen molar-refractivity contribution in [3.63, 3.8) is 0 Å². The van der Waals surface area contributed by atoms with Crippen LogP contribution in [0.1, 0.15) is 27.4 Å². The van der Waals surface area contributed by atoms with Crippen LogP contribution in [0.4, 0.5) is 5.69 Å². The number of aryl methyl sites for hydroxylation is 3. The number of carbonyl (C=O) groups is 1. The molecule has 0 bridgehead atoms. The molecular formula is C24H21N5O4. The van der Waals surface area contributed by atoms with E-state index in [1.807, 2.05) is 32.9 Å². The summed E-state index contributed by atoms with van der Waals surface area (Å²) in [5.41, 5.74) is 2.62. The summed E-state index contributed by atoms with van der Waals surface area (Å²) in [6, 6.07) is 16.7. The van der Waals surface area contributed by atoms with Gasteiger partial charge in [0.05, 0.1) is 5.69 Å². The number of nitrogens with one attached hydrogen (secondary N) is 1. The fourth-order valence-electron chi connectivity index (χ4n) is 3.19. The third kappa shape index (κ3) is 5.04. The van der Waals surface area contributed by atoms with E-state index in [1.54, 1.807) is 42.5 Å². The van der Waals surface area contributed by atoms with Crippen molar-refractivity contribution in [3.8, 4) is 23.2 Å². The summed E-state index contributed by atoms with van der Waals surface area (Å²) >= 11 is 0. The smallest absolute Gasteiger partial charge is 0.322 e. The van der Waals surface area contributed by atoms with Crippen LogP contribution in [-0.2, 0) is 0 Å². The molecule has 0 saturated heterocycles. The second-order valence-electron chi connectivity index (χ2n) is 7.48. The lowest BCUT2D eigenvalue weighted by molar-refractivity contribution is 0.101. The minimum Gasteiger partial charge on any atom is -0.505 e. The molecule has 0 atom stereocenters. The molecule has 33 heavy (non-hydrogen) atoms. The highest BCUT2D eigenvalue weighted by molar-refractivity contribution is 6.04. The van der Waals surface area contributed by atoms with Gasteiger partial charge in [0.25, 0.3) is 11.5 Å². The van der Waals surface area contributed by atoms with Crippen molar-refractivity contribution in [2.75, 3.05) is 5.32 Å². The number of aromatic nitrogens is 4. The Morgan fingerprint density at radius 2 is 1.67 bits per heavy atom. The zero-order valence-electron chi connectivity index (χ0n) is 18.2. The highest BCUT2D eigenvalue weighted by Crippen LogP contribution is 2.22. The molecule has 1 amide bonds. The van der Waals surface area contributed by atoms with Crippen LogP contribution in [0.15, 0.2) is 65.5 Å². The molecule has 0 saturated carbocycles. The molecule has 9 nitrogen and oxygen atoms in total. The maximum absolute atomic E-state index is 12.7. The highest BCUT2D eigenvalue weighted by atomic mass is 16.5. The molecule has 4 aromatic rings. The molecule has 4 rings (SSSR count). The molecule has 9 heteroatoms. The summed E-state index contributed by atoms with van der Waals surface area (Å²) in [6.07, 6.45) is 0. The molecule has 0 fully saturated rings. The van der Waals surface area contributed by atoms with Crippen LogP contribution < -0.4 is 15.6 Å². The number of benzene rings is 2. The van der Waals surface area contributed by atoms with Gasteiger partial charge in [-0.3, -0.25) is 9.59 Å². The first-order chi connectivity index (χ1) is 15.8. The molecule has 0 aliphatic carbocycles. The molecule has 0 radical (unpaired) electrons. The van der Waals surface area contributed by atoms with Gasteiger partial charge in [-0.25, -0.2) is 9.97 Å². The van der Waals surface area contributed by atoms with Crippen LogP contribution in [0.25, 0.3) is 5.69 Å². The van der Waals surface area contributed by atoms with Crippen LogP contribution in [0, 0.1) is 20.8 Å². The molecule has 0 aliphatic heterocycles. The van der Waals surface area contributed by atoms with E-state index in [0.717, 1.165) is 27.7 Å². The van der Waals surface area contributed by atoms with Gasteiger partial charge >= 0.3 is 6.01 Å². The van der Waals surface area contributed by atoms with Gasteiger partial charge in [0.1, 0.15) is 5.75 Å². The zero-order chi connectivity index (χ0) is 23.5. The van der Waals surface area contributed by atoms with E-state index in [9.17, 15) is 14.7 Å². The lowest BCUT2D eigenvalue weighted by Gasteiger charge is -2.10. The number of nitrogens with zero attached hydrogens (tertiary/aromatic N) is 4. The third-order valence-electron chi connectivity index (χ3n) is 4.66. The number of carbonyl (C=O) groups excluding carboxylic acids is 1. The van der Waals surface area contributed by atoms with Gasteiger partial charge in [-0.15, -0.1) is 0 Å². The minimum absolute atomic E-state index is 0.233. The van der Waals surface area contributed by atoms with Gasteiger partial charge in [-0.1, -0.05) is 12.1 Å². The minimum atomic E-state index is -0.666. The molecule has 2 aromatic carbocycles. The Balaban J connectivity index is 1.53. The summed E-state index contributed by atoms with van der Waals surface area (Å²) in [6.45, 7) is 5.58. The van der Waals surface area contributed by atoms with Crippen LogP contribution in [0.2, 0.25) is 0 Å². The van der Waals surface area contributed by atoms with E-state index >= 15 is 0 Å². The molecule has 2 heterocycles. The lowest BCUT2D eigenvalue weighted by Crippen LogP contribution is -2.25. The predicted molar refractivity (Wildman–Crippen MR) is 122 cm³/mol. The molecule has 0 unspecified atom stereocenters. The van der Waals surface area contributed by atoms with E-state index in [2.05, 4.69) is 20.4 Å². The molecule has 2 N–H and O–H groups in total. The summed E-state index contributed by atoms with van der Waals surface area (Å²) < 4.78 is 6.74. The van der Waals surface area contributed by atoms with Gasteiger partial charge in [0, 0.05) is 23.1 Å². The van der Waals surface area contributed by atoms with Crippen molar-refractivity contribution >= 4 is 11.6 Å². The number of amides is 1. The lowest BCUT2D eigenvalue weighted by atomic mass is 10.2. The number of hydrogen-bond acceptors (Lipinski definition) is 7. The molecule has 2 aromatic heterocycles. The fraction of sp³-hybridized carbons (Fsp3) is 0.125. The van der Waals surface area contributed by atoms with E-state index < -0.39 is 17.2 Å². The Morgan fingerprint density at radius 3 is 2.33 bits per heavy atom. The predicted octanol–water partition coefficient (Wildman–Crippen LogP) is 3.70. The Kier molecular flexibility index (Phi) is 5.86. The maximum Gasteiger partial charge on any atom is 0.322 e. The van der Waals surface area contributed by atoms with E-state index in [0.29, 0.717) is 17.1 Å². The summed E-state index contributed by atoms with van der Waals surface area (Å²) in [5, 5.41) is 16.9. The SMILES string of the molecule is Cc1cccc(-n2nc(C(=O)Nc3ccc(Oc4nc(C)cc(C)n4)cc3)c(O)cc2=O)c1. The van der Waals surface area contributed by atoms with E-state index in [4.69, 9.17) is 4.74 Å². The van der Waals surface area contributed by atoms with E-state index in [1.165, 1.54) is 0 Å². The average Bonchev–Trinajstić information content (AvgIpc) is 2.74. The van der Waals surface area contributed by atoms with Crippen LogP contribution in [-0.4, -0.2) is 30.8 Å². The molecule has 166 valence electrons. The highest BCUT2D eigenvalue weighted by Gasteiger charge is 2.17. The Bertz CT molecular complexity index is 1380. The summed E-state index contributed by atoms with van der Waals surface area (Å²) in [5.74, 6) is -0.680. The average molecular weight is 443 g/mol. The second kappa shape index (κ2) is 8.91. The van der Waals surface area contributed by atoms with Gasteiger partial charge in [-0.05, 0) is 68.8 Å². The van der Waals surface area contributed by atoms with Crippen molar-refractivity contribution in [1.29, 1.82) is 0 Å². The third-order valence-corrected chi connectivity index (χ3v) is 4.66. The number of ether oxygens (including phenoxy) is 1. The number of aromatic hydroxyl groups is 1. The molecule has 0 aliphatic rings. The second-order valence-corrected chi connectivity index (χ2v) is 7.48. The van der Waals surface area contributed by atoms with Crippen LogP contribution in [0.3, 0.4) is 0 Å². The number of rotatable bonds is 5. The van der Waals surface area contributed by atoms with Crippen molar-refractivity contribution < 1.29 is 14.6 Å². The van der Waals surface area contributed by atoms with Crippen molar-refractivity contribution in [1.82, 2.24) is 19.7 Å². The molecular weight excluding hydrogens is 422 g/mol. The standard InChI is InChI=1S/C24H21N5O4/c1-14-5-4-6-18(11-14)29-21(31)13-20(30)22(28-29)23(32)27-17-7-9-19(10-8-17)33-24-25-15(2)12-16(3)26-24/h4-13,30H,1-3H3,(H,27,32).